The fourth-order valence-electron chi connectivity index (χ4n) is 9.38. The smallest absolute Gasteiger partial charge is 0.407 e. The van der Waals surface area contributed by atoms with E-state index in [4.69, 9.17) is 33.1 Å². The summed E-state index contributed by atoms with van der Waals surface area (Å²) < 4.78 is 34.6. The van der Waals surface area contributed by atoms with Crippen LogP contribution in [-0.4, -0.2) is 119 Å². The number of hydrogen-bond donors (Lipinski definition) is 7. The molecule has 372 valence electrons. The molecule has 5 bridgehead atoms. The molecule has 3 aliphatic heterocycles. The zero-order valence-corrected chi connectivity index (χ0v) is 40.2. The van der Waals surface area contributed by atoms with Gasteiger partial charge in [0.15, 0.2) is 22.4 Å². The number of fused-ring (bicyclic) bond motifs is 5. The fourth-order valence-corrected chi connectivity index (χ4v) is 9.38. The number of methoxy groups -OCH3 is 2. The van der Waals surface area contributed by atoms with Crippen molar-refractivity contribution in [1.29, 1.82) is 0 Å². The topological polar surface area (TPSA) is 269 Å². The lowest BCUT2D eigenvalue weighted by atomic mass is 9.78. The van der Waals surface area contributed by atoms with Crippen molar-refractivity contribution in [2.45, 2.75) is 97.6 Å². The Balaban J connectivity index is 1.40. The van der Waals surface area contributed by atoms with Crippen molar-refractivity contribution >= 4 is 62.1 Å². The number of aliphatic hydroxyl groups is 4. The molecule has 3 aliphatic rings. The van der Waals surface area contributed by atoms with Gasteiger partial charge in [-0.2, -0.15) is 0 Å². The molecule has 19 nitrogen and oxygen atoms in total. The molecule has 0 radical (unpaired) electrons. The Labute approximate surface area is 397 Å². The molecule has 7 rings (SSSR count). The quantitative estimate of drug-likeness (QED) is 0.0805. The number of phenols is 1. The van der Waals surface area contributed by atoms with Crippen LogP contribution in [0.5, 0.6) is 11.5 Å². The van der Waals surface area contributed by atoms with Gasteiger partial charge in [0, 0.05) is 98.3 Å². The number of carbonyl (C=O) groups is 2. The van der Waals surface area contributed by atoms with E-state index in [1.807, 2.05) is 4.90 Å². The van der Waals surface area contributed by atoms with Gasteiger partial charge >= 0.3 is 11.9 Å². The van der Waals surface area contributed by atoms with Gasteiger partial charge in [-0.25, -0.2) is 9.78 Å². The lowest BCUT2D eigenvalue weighted by Gasteiger charge is -2.36. The molecule has 9 atom stereocenters. The summed E-state index contributed by atoms with van der Waals surface area (Å²) in [4.78, 5) is 61.9. The van der Waals surface area contributed by atoms with E-state index in [-0.39, 0.29) is 74.3 Å². The number of hydrogen-bond acceptors (Lipinski definition) is 17. The molecule has 4 aromatic rings. The first-order valence-corrected chi connectivity index (χ1v) is 23.0. The van der Waals surface area contributed by atoms with E-state index in [0.717, 1.165) is 0 Å². The van der Waals surface area contributed by atoms with E-state index in [0.29, 0.717) is 31.6 Å². The van der Waals surface area contributed by atoms with E-state index in [9.17, 15) is 44.7 Å². The van der Waals surface area contributed by atoms with Crippen LogP contribution < -0.4 is 36.3 Å². The fraction of sp³-hybridized carbons (Fsp3) is 0.500. The number of carbonyl (C=O) groups excluding carboxylic acids is 2. The van der Waals surface area contributed by atoms with E-state index in [2.05, 4.69) is 10.6 Å². The maximum atomic E-state index is 14.9. The summed E-state index contributed by atoms with van der Waals surface area (Å²) >= 11 is 0. The number of piperidine rings is 1. The van der Waals surface area contributed by atoms with Crippen molar-refractivity contribution in [2.24, 2.45) is 23.7 Å². The molecule has 1 aromatic heterocycles. The predicted octanol–water partition coefficient (Wildman–Crippen LogP) is 4.33. The molecule has 0 aliphatic carbocycles. The lowest BCUT2D eigenvalue weighted by Crippen LogP contribution is -2.45. The molecule has 4 heterocycles. The predicted molar refractivity (Wildman–Crippen MR) is 257 cm³/mol. The summed E-state index contributed by atoms with van der Waals surface area (Å²) in [5.74, 6) is -6.44. The van der Waals surface area contributed by atoms with E-state index < -0.39 is 93.9 Å². The number of nitrogens with zero attached hydrogens (tertiary/aromatic N) is 2. The molecule has 2 amide bonds. The molecule has 7 N–H and O–H groups in total. The number of aromatic hydroxyl groups is 1. The van der Waals surface area contributed by atoms with Gasteiger partial charge in [-0.3, -0.25) is 14.4 Å². The van der Waals surface area contributed by atoms with Crippen molar-refractivity contribution in [3.8, 4) is 11.5 Å². The molecule has 1 fully saturated rings. The van der Waals surface area contributed by atoms with E-state index in [1.165, 1.54) is 59.5 Å². The van der Waals surface area contributed by atoms with Crippen LogP contribution in [0, 0.1) is 30.6 Å². The Morgan fingerprint density at radius 1 is 0.928 bits per heavy atom. The largest absolute Gasteiger partial charge is 0.507 e. The number of aromatic nitrogens is 1. The standard InChI is InChI=1S/C50H62N4O15/c1-23-11-10-12-24(2)48(62)53-39-44(60)35-34(38-46(39)68-33-22-30(21-31(55)37(33)52-38)54-16-13-29(14-17-54)51-49(63)66-20-19-64-8)36-45(28(6)43(35)59)69-50(7,47(36)61)67-18-15-32(65-9)25(3)41(57)27(5)42(58)26(4)40(23)56/h10-12,15,18,21-23,25-27,29,32,40-42,56-59,61H,13-14,16-17,19-20H2,1-9H3,(H,51,63)(H,53,62)/b11-10+,18-15+,24-12-/t23-,25+,26+,27-,32-,40-,41+,42+,50-/m0/s1. The minimum atomic E-state index is -1.98. The molecular weight excluding hydrogens is 897 g/mol. The third kappa shape index (κ3) is 9.70. The number of nitrogens with one attached hydrogen (secondary N) is 2. The number of aliphatic hydroxyl groups excluding tert-OH is 4. The SMILES string of the molecule is COCCOC(=O)NC1CCN(c2cc(=O)c3nc4c(oc3c2)c2c(=O)c3c(O)c(C)c5c(c34)=C(O)[C@@](C)(O/C=C/[C@H](OC)[C@@H](C)[C@@H](O)[C@H](C)[C@H](O)[C@H](C)[C@@H](O)[C@@H](C)/C=C/C=C(/C)C(=O)N2)O5)CC1. The van der Waals surface area contributed by atoms with Crippen LogP contribution in [-0.2, 0) is 23.7 Å². The summed E-state index contributed by atoms with van der Waals surface area (Å²) in [5, 5.41) is 63.0. The lowest BCUT2D eigenvalue weighted by molar-refractivity contribution is -0.112. The van der Waals surface area contributed by atoms with Crippen LogP contribution in [0.4, 0.5) is 16.2 Å². The summed E-state index contributed by atoms with van der Waals surface area (Å²) in [7, 11) is 2.94. The summed E-state index contributed by atoms with van der Waals surface area (Å²) in [6, 6.07) is 2.81. The minimum absolute atomic E-state index is 0.0337. The number of ether oxygens (including phenoxy) is 5. The Hall–Kier alpha value is -6.25. The van der Waals surface area contributed by atoms with Gasteiger partial charge in [0.2, 0.25) is 10.9 Å². The van der Waals surface area contributed by atoms with Gasteiger partial charge in [-0.05, 0) is 32.8 Å². The van der Waals surface area contributed by atoms with Gasteiger partial charge in [0.25, 0.3) is 5.91 Å². The highest BCUT2D eigenvalue weighted by Gasteiger charge is 2.44. The highest BCUT2D eigenvalue weighted by atomic mass is 16.7. The molecule has 0 unspecified atom stereocenters. The van der Waals surface area contributed by atoms with Crippen LogP contribution in [0.15, 0.2) is 62.3 Å². The molecule has 0 saturated carbocycles. The molecule has 0 spiro atoms. The molecular formula is C50H62N4O15. The first kappa shape index (κ1) is 50.6. The zero-order valence-electron chi connectivity index (χ0n) is 40.2. The normalized spacial score (nSPS) is 29.1. The highest BCUT2D eigenvalue weighted by molar-refractivity contribution is 6.16. The van der Waals surface area contributed by atoms with Gasteiger partial charge in [0.1, 0.15) is 29.3 Å². The Bertz CT molecular complexity index is 2910. The first-order valence-electron chi connectivity index (χ1n) is 23.0. The van der Waals surface area contributed by atoms with Crippen LogP contribution in [0.2, 0.25) is 0 Å². The molecule has 3 aromatic carbocycles. The van der Waals surface area contributed by atoms with Gasteiger partial charge < -0.3 is 69.2 Å². The Kier molecular flexibility index (Phi) is 15.0. The van der Waals surface area contributed by atoms with E-state index >= 15 is 0 Å². The average Bonchev–Trinajstić information content (AvgIpc) is 3.59. The zero-order chi connectivity index (χ0) is 50.2. The van der Waals surface area contributed by atoms with Crippen LogP contribution in [0.1, 0.15) is 59.9 Å². The summed E-state index contributed by atoms with van der Waals surface area (Å²) in [6.45, 7) is 12.5. The second kappa shape index (κ2) is 20.4. The van der Waals surface area contributed by atoms with Crippen molar-refractivity contribution in [3.05, 3.63) is 79.5 Å². The Morgan fingerprint density at radius 2 is 1.61 bits per heavy atom. The van der Waals surface area contributed by atoms with Crippen LogP contribution in [0.3, 0.4) is 0 Å². The molecule has 1 saturated heterocycles. The third-order valence-corrected chi connectivity index (χ3v) is 13.9. The van der Waals surface area contributed by atoms with Crippen molar-refractivity contribution in [2.75, 3.05) is 50.7 Å². The van der Waals surface area contributed by atoms with Crippen molar-refractivity contribution in [1.82, 2.24) is 10.3 Å². The Morgan fingerprint density at radius 3 is 2.29 bits per heavy atom. The number of allylic oxidation sites excluding steroid dienone is 2. The van der Waals surface area contributed by atoms with Crippen molar-refractivity contribution in [3.63, 3.8) is 0 Å². The third-order valence-electron chi connectivity index (χ3n) is 13.9. The van der Waals surface area contributed by atoms with Crippen molar-refractivity contribution < 1.29 is 63.2 Å². The van der Waals surface area contributed by atoms with E-state index in [1.54, 1.807) is 45.9 Å². The summed E-state index contributed by atoms with van der Waals surface area (Å²) in [6.07, 6.45) is 3.82. The molecule has 19 heteroatoms. The maximum Gasteiger partial charge on any atom is 0.407 e. The number of rotatable bonds is 6. The van der Waals surface area contributed by atoms with Crippen LogP contribution >= 0.6 is 0 Å². The first-order chi connectivity index (χ1) is 32.7. The average molecular weight is 959 g/mol. The number of amides is 2. The maximum absolute atomic E-state index is 14.9. The number of anilines is 2. The van der Waals surface area contributed by atoms with Crippen LogP contribution in [0.25, 0.3) is 38.7 Å². The number of phenolic OH excluding ortho intramolecular Hbond substituents is 1. The van der Waals surface area contributed by atoms with Gasteiger partial charge in [-0.1, -0.05) is 45.9 Å². The number of benzene rings is 3. The minimum Gasteiger partial charge on any atom is -0.507 e. The van der Waals surface area contributed by atoms with Gasteiger partial charge in [-0.15, -0.1) is 0 Å². The van der Waals surface area contributed by atoms with Gasteiger partial charge in [0.05, 0.1) is 47.9 Å². The number of alkyl carbamates (subject to hydrolysis) is 1. The second-order valence-corrected chi connectivity index (χ2v) is 18.5. The molecule has 69 heavy (non-hydrogen) atoms. The highest BCUT2D eigenvalue weighted by Crippen LogP contribution is 2.42. The summed E-state index contributed by atoms with van der Waals surface area (Å²) in [5.41, 5.74) is -1.86. The second-order valence-electron chi connectivity index (χ2n) is 18.5. The monoisotopic (exact) mass is 958 g/mol.